The van der Waals surface area contributed by atoms with Gasteiger partial charge in [-0.05, 0) is 55.2 Å². The van der Waals surface area contributed by atoms with E-state index in [4.69, 9.17) is 11.6 Å². The summed E-state index contributed by atoms with van der Waals surface area (Å²) < 4.78 is 28.7. The number of anilines is 1. The van der Waals surface area contributed by atoms with E-state index in [0.717, 1.165) is 9.87 Å². The summed E-state index contributed by atoms with van der Waals surface area (Å²) in [6.07, 6.45) is 0.343. The molecule has 9 heteroatoms. The van der Waals surface area contributed by atoms with Crippen molar-refractivity contribution in [1.29, 1.82) is 0 Å². The molecule has 0 bridgehead atoms. The molecule has 0 spiro atoms. The van der Waals surface area contributed by atoms with E-state index in [1.54, 1.807) is 60.7 Å². The second kappa shape index (κ2) is 13.6. The molecule has 3 rings (SSSR count). The standard InChI is InChI=1S/C30H36ClN3O4S/c1-5-28(30(36)32-19-22(2)3)33(20-24-11-9-10-14-27(24)31)29(35)21-34(25-12-7-6-8-13-25)39(37,38)26-17-15-23(4)16-18-26/h6-18,22,28H,5,19-21H2,1-4H3,(H,32,36). The summed E-state index contributed by atoms with van der Waals surface area (Å²) in [5.41, 5.74) is 1.93. The lowest BCUT2D eigenvalue weighted by Crippen LogP contribution is -2.52. The Morgan fingerprint density at radius 3 is 2.13 bits per heavy atom. The second-order valence-electron chi connectivity index (χ2n) is 9.84. The molecule has 1 unspecified atom stereocenters. The molecule has 2 amide bonds. The van der Waals surface area contributed by atoms with Crippen LogP contribution in [0.5, 0.6) is 0 Å². The highest BCUT2D eigenvalue weighted by Gasteiger charge is 2.33. The van der Waals surface area contributed by atoms with Gasteiger partial charge in [0.1, 0.15) is 12.6 Å². The number of hydrogen-bond acceptors (Lipinski definition) is 4. The Morgan fingerprint density at radius 1 is 0.923 bits per heavy atom. The molecule has 0 heterocycles. The smallest absolute Gasteiger partial charge is 0.264 e. The summed E-state index contributed by atoms with van der Waals surface area (Å²) in [5, 5.41) is 3.38. The fraction of sp³-hybridized carbons (Fsp3) is 0.333. The number of hydrogen-bond donors (Lipinski definition) is 1. The first-order valence-corrected chi connectivity index (χ1v) is 14.8. The van der Waals surface area contributed by atoms with Crippen LogP contribution in [0.1, 0.15) is 38.3 Å². The number of rotatable bonds is 12. The minimum Gasteiger partial charge on any atom is -0.354 e. The summed E-state index contributed by atoms with van der Waals surface area (Å²) >= 11 is 6.43. The van der Waals surface area contributed by atoms with Crippen LogP contribution in [0.15, 0.2) is 83.8 Å². The van der Waals surface area contributed by atoms with Gasteiger partial charge in [-0.15, -0.1) is 0 Å². The highest BCUT2D eigenvalue weighted by atomic mass is 35.5. The molecule has 1 atom stereocenters. The molecule has 0 aromatic heterocycles. The molecule has 3 aromatic rings. The van der Waals surface area contributed by atoms with Crippen LogP contribution in [0, 0.1) is 12.8 Å². The molecule has 0 radical (unpaired) electrons. The van der Waals surface area contributed by atoms with Crippen LogP contribution in [0.25, 0.3) is 0 Å². The fourth-order valence-electron chi connectivity index (χ4n) is 4.11. The molecule has 0 aliphatic carbocycles. The molecule has 0 saturated carbocycles. The van der Waals surface area contributed by atoms with Crippen molar-refractivity contribution in [3.8, 4) is 0 Å². The Kier molecular flexibility index (Phi) is 10.5. The van der Waals surface area contributed by atoms with Gasteiger partial charge in [0.25, 0.3) is 10.0 Å². The van der Waals surface area contributed by atoms with Crippen molar-refractivity contribution in [2.75, 3.05) is 17.4 Å². The van der Waals surface area contributed by atoms with Crippen LogP contribution in [0.3, 0.4) is 0 Å². The zero-order valence-electron chi connectivity index (χ0n) is 22.8. The lowest BCUT2D eigenvalue weighted by atomic mass is 10.1. The Hall–Kier alpha value is -3.36. The van der Waals surface area contributed by atoms with E-state index in [1.165, 1.54) is 17.0 Å². The molecule has 7 nitrogen and oxygen atoms in total. The minimum atomic E-state index is -4.10. The Labute approximate surface area is 236 Å². The number of amides is 2. The first kappa shape index (κ1) is 30.2. The van der Waals surface area contributed by atoms with Crippen molar-refractivity contribution in [3.63, 3.8) is 0 Å². The van der Waals surface area contributed by atoms with Crippen LogP contribution in [-0.2, 0) is 26.2 Å². The van der Waals surface area contributed by atoms with E-state index in [0.29, 0.717) is 29.2 Å². The topological polar surface area (TPSA) is 86.8 Å². The first-order valence-electron chi connectivity index (χ1n) is 13.0. The van der Waals surface area contributed by atoms with E-state index in [2.05, 4.69) is 5.32 Å². The lowest BCUT2D eigenvalue weighted by molar-refractivity contribution is -0.140. The zero-order chi connectivity index (χ0) is 28.6. The fourth-order valence-corrected chi connectivity index (χ4v) is 5.72. The van der Waals surface area contributed by atoms with Gasteiger partial charge in [-0.25, -0.2) is 8.42 Å². The number of benzene rings is 3. The summed E-state index contributed by atoms with van der Waals surface area (Å²) in [5.74, 6) is -0.576. The summed E-state index contributed by atoms with van der Waals surface area (Å²) in [4.78, 5) is 28.8. The Morgan fingerprint density at radius 2 is 1.54 bits per heavy atom. The van der Waals surface area contributed by atoms with Crippen molar-refractivity contribution >= 4 is 39.1 Å². The monoisotopic (exact) mass is 569 g/mol. The first-order chi connectivity index (χ1) is 18.5. The number of para-hydroxylation sites is 1. The van der Waals surface area contributed by atoms with E-state index < -0.39 is 28.5 Å². The number of sulfonamides is 1. The number of aryl methyl sites for hydroxylation is 1. The molecule has 0 saturated heterocycles. The molecule has 3 aromatic carbocycles. The van der Waals surface area contributed by atoms with E-state index in [9.17, 15) is 18.0 Å². The van der Waals surface area contributed by atoms with Crippen LogP contribution in [0.4, 0.5) is 5.69 Å². The van der Waals surface area contributed by atoms with Crippen molar-refractivity contribution in [3.05, 3.63) is 95.0 Å². The number of halogens is 1. The molecule has 0 aliphatic heterocycles. The highest BCUT2D eigenvalue weighted by Crippen LogP contribution is 2.26. The maximum atomic E-state index is 14.0. The van der Waals surface area contributed by atoms with Gasteiger partial charge in [-0.3, -0.25) is 13.9 Å². The minimum absolute atomic E-state index is 0.0549. The highest BCUT2D eigenvalue weighted by molar-refractivity contribution is 7.92. The van der Waals surface area contributed by atoms with E-state index in [-0.39, 0.29) is 23.3 Å². The average molecular weight is 570 g/mol. The van der Waals surface area contributed by atoms with Crippen molar-refractivity contribution in [2.45, 2.75) is 51.6 Å². The SMILES string of the molecule is CCC(C(=O)NCC(C)C)N(Cc1ccccc1Cl)C(=O)CN(c1ccccc1)S(=O)(=O)c1ccc(C)cc1. The number of carbonyl (C=O) groups excluding carboxylic acids is 2. The van der Waals surface area contributed by atoms with Crippen molar-refractivity contribution in [1.82, 2.24) is 10.2 Å². The molecule has 39 heavy (non-hydrogen) atoms. The lowest BCUT2D eigenvalue weighted by Gasteiger charge is -2.33. The molecular weight excluding hydrogens is 534 g/mol. The maximum absolute atomic E-state index is 14.0. The van der Waals surface area contributed by atoms with Crippen LogP contribution in [-0.4, -0.2) is 44.3 Å². The van der Waals surface area contributed by atoms with Gasteiger partial charge >= 0.3 is 0 Å². The Bertz CT molecular complexity index is 1360. The summed E-state index contributed by atoms with van der Waals surface area (Å²) in [6, 6.07) is 21.3. The predicted octanol–water partition coefficient (Wildman–Crippen LogP) is 5.42. The molecule has 1 N–H and O–H groups in total. The van der Waals surface area contributed by atoms with Gasteiger partial charge in [0.2, 0.25) is 11.8 Å². The normalized spacial score (nSPS) is 12.2. The number of nitrogens with zero attached hydrogens (tertiary/aromatic N) is 2. The van der Waals surface area contributed by atoms with Gasteiger partial charge in [0.15, 0.2) is 0 Å². The molecule has 0 fully saturated rings. The van der Waals surface area contributed by atoms with Crippen molar-refractivity contribution in [2.24, 2.45) is 5.92 Å². The largest absolute Gasteiger partial charge is 0.354 e. The zero-order valence-corrected chi connectivity index (χ0v) is 24.4. The van der Waals surface area contributed by atoms with Crippen LogP contribution >= 0.6 is 11.6 Å². The van der Waals surface area contributed by atoms with Gasteiger partial charge in [-0.1, -0.05) is 86.5 Å². The van der Waals surface area contributed by atoms with Gasteiger partial charge in [0, 0.05) is 18.1 Å². The summed E-state index contributed by atoms with van der Waals surface area (Å²) in [7, 11) is -4.10. The third kappa shape index (κ3) is 7.83. The van der Waals surface area contributed by atoms with Crippen molar-refractivity contribution < 1.29 is 18.0 Å². The summed E-state index contributed by atoms with van der Waals surface area (Å²) in [6.45, 7) is 7.70. The molecule has 208 valence electrons. The molecule has 0 aliphatic rings. The average Bonchev–Trinajstić information content (AvgIpc) is 2.92. The van der Waals surface area contributed by atoms with E-state index in [1.807, 2.05) is 33.8 Å². The van der Waals surface area contributed by atoms with Gasteiger partial charge < -0.3 is 10.2 Å². The maximum Gasteiger partial charge on any atom is 0.264 e. The van der Waals surface area contributed by atoms with Gasteiger partial charge in [0.05, 0.1) is 10.6 Å². The third-order valence-corrected chi connectivity index (χ3v) is 8.46. The van der Waals surface area contributed by atoms with Crippen LogP contribution < -0.4 is 9.62 Å². The number of carbonyl (C=O) groups is 2. The van der Waals surface area contributed by atoms with Crippen LogP contribution in [0.2, 0.25) is 5.02 Å². The predicted molar refractivity (Wildman–Crippen MR) is 156 cm³/mol. The Balaban J connectivity index is 2.03. The third-order valence-electron chi connectivity index (χ3n) is 6.30. The second-order valence-corrected chi connectivity index (χ2v) is 12.1. The van der Waals surface area contributed by atoms with E-state index >= 15 is 0 Å². The quantitative estimate of drug-likeness (QED) is 0.315. The van der Waals surface area contributed by atoms with Gasteiger partial charge in [-0.2, -0.15) is 0 Å². The molecular formula is C30H36ClN3O4S. The number of nitrogens with one attached hydrogen (secondary N) is 1.